The third-order valence-corrected chi connectivity index (χ3v) is 10.8. The Balaban J connectivity index is 0.000000242. The van der Waals surface area contributed by atoms with Crippen molar-refractivity contribution in [2.24, 2.45) is 10.8 Å². The second-order valence-corrected chi connectivity index (χ2v) is 13.6. The second kappa shape index (κ2) is 14.2. The van der Waals surface area contributed by atoms with Gasteiger partial charge in [0.1, 0.15) is 12.1 Å². The molecule has 0 saturated heterocycles. The average Bonchev–Trinajstić information content (AvgIpc) is 3.34. The molecular formula is C42H47IrN2O2-. The number of nitrogens with zero attached hydrogens (tertiary/aromatic N) is 2. The predicted molar refractivity (Wildman–Crippen MR) is 192 cm³/mol. The Morgan fingerprint density at radius 1 is 0.809 bits per heavy atom. The summed E-state index contributed by atoms with van der Waals surface area (Å²) in [7, 11) is 0. The van der Waals surface area contributed by atoms with Crippen LogP contribution in [0.15, 0.2) is 91.0 Å². The van der Waals surface area contributed by atoms with E-state index in [-0.39, 0.29) is 47.9 Å². The topological polar surface area (TPSA) is 63.1 Å². The summed E-state index contributed by atoms with van der Waals surface area (Å²) in [5, 5.41) is 15.1. The first-order chi connectivity index (χ1) is 22.0. The molecule has 247 valence electrons. The molecule has 1 aliphatic rings. The molecule has 0 aliphatic heterocycles. The van der Waals surface area contributed by atoms with Crippen LogP contribution >= 0.6 is 0 Å². The second-order valence-electron chi connectivity index (χ2n) is 13.6. The molecule has 0 atom stereocenters. The standard InChI is InChI=1S/C27H19N2.C15H28O2.Ir/c1-27(2)24-20-12-6-4-9-18(20)14-15-22(24)23-25(28-16-29-26(23)27)21-13-7-10-17-8-3-5-11-19(17)21;1-7-14(5,8-2)12(16)11-13(17)15(6,9-3)10-4;/h3-12,14-16H,1-2H3;11,16H,7-10H2,1-6H3;/q-1;;/b;12-11-;. The molecule has 4 aromatic carbocycles. The molecule has 47 heavy (non-hydrogen) atoms. The van der Waals surface area contributed by atoms with Crippen LogP contribution in [0.25, 0.3) is 43.9 Å². The fourth-order valence-electron chi connectivity index (χ4n) is 6.62. The zero-order valence-electron chi connectivity index (χ0n) is 29.0. The summed E-state index contributed by atoms with van der Waals surface area (Å²) in [4.78, 5) is 21.7. The summed E-state index contributed by atoms with van der Waals surface area (Å²) in [6.07, 6.45) is 6.46. The Morgan fingerprint density at radius 3 is 2.00 bits per heavy atom. The number of hydrogen-bond acceptors (Lipinski definition) is 4. The first-order valence-electron chi connectivity index (χ1n) is 16.7. The molecule has 1 aliphatic carbocycles. The molecule has 1 N–H and O–H groups in total. The molecule has 5 heteroatoms. The monoisotopic (exact) mass is 804 g/mol. The van der Waals surface area contributed by atoms with Crippen LogP contribution in [-0.4, -0.2) is 20.9 Å². The van der Waals surface area contributed by atoms with Gasteiger partial charge in [0.25, 0.3) is 0 Å². The maximum atomic E-state index is 12.2. The quantitative estimate of drug-likeness (QED) is 0.0964. The van der Waals surface area contributed by atoms with Crippen molar-refractivity contribution in [3.8, 4) is 22.4 Å². The van der Waals surface area contributed by atoms with E-state index in [1.54, 1.807) is 6.33 Å². The van der Waals surface area contributed by atoms with Crippen molar-refractivity contribution in [3.05, 3.63) is 108 Å². The van der Waals surface area contributed by atoms with Gasteiger partial charge in [-0.05, 0) is 58.8 Å². The van der Waals surface area contributed by atoms with Gasteiger partial charge in [0.15, 0.2) is 5.78 Å². The molecule has 1 heterocycles. The van der Waals surface area contributed by atoms with E-state index in [4.69, 9.17) is 9.97 Å². The van der Waals surface area contributed by atoms with Crippen molar-refractivity contribution in [2.75, 3.05) is 0 Å². The summed E-state index contributed by atoms with van der Waals surface area (Å²) in [6, 6.07) is 29.1. The minimum Gasteiger partial charge on any atom is -0.512 e. The van der Waals surface area contributed by atoms with Crippen molar-refractivity contribution < 1.29 is 30.0 Å². The summed E-state index contributed by atoms with van der Waals surface area (Å²) >= 11 is 0. The predicted octanol–water partition coefficient (Wildman–Crippen LogP) is 11.2. The Bertz CT molecular complexity index is 1930. The third-order valence-electron chi connectivity index (χ3n) is 10.8. The summed E-state index contributed by atoms with van der Waals surface area (Å²) < 4.78 is 0. The number of benzene rings is 4. The van der Waals surface area contributed by atoms with Gasteiger partial charge in [-0.15, -0.1) is 29.1 Å². The van der Waals surface area contributed by atoms with Crippen molar-refractivity contribution in [1.82, 2.24) is 9.97 Å². The zero-order chi connectivity index (χ0) is 33.3. The van der Waals surface area contributed by atoms with Crippen LogP contribution in [-0.2, 0) is 30.3 Å². The van der Waals surface area contributed by atoms with Gasteiger partial charge in [-0.25, -0.2) is 4.98 Å². The number of aromatic nitrogens is 2. The molecule has 0 amide bonds. The first-order valence-corrected chi connectivity index (χ1v) is 16.7. The third kappa shape index (κ3) is 6.45. The molecule has 4 nitrogen and oxygen atoms in total. The van der Waals surface area contributed by atoms with Gasteiger partial charge < -0.3 is 5.11 Å². The van der Waals surface area contributed by atoms with Gasteiger partial charge in [0.2, 0.25) is 0 Å². The fraction of sp³-hybridized carbons (Fsp3) is 0.357. The van der Waals surface area contributed by atoms with Crippen LogP contribution in [0.4, 0.5) is 0 Å². The first kappa shape index (κ1) is 36.2. The van der Waals surface area contributed by atoms with Gasteiger partial charge >= 0.3 is 0 Å². The van der Waals surface area contributed by atoms with Gasteiger partial charge in [0, 0.05) is 42.4 Å². The maximum absolute atomic E-state index is 12.2. The Hall–Kier alpha value is -3.66. The summed E-state index contributed by atoms with van der Waals surface area (Å²) in [5.74, 6) is 0.286. The van der Waals surface area contributed by atoms with E-state index in [0.29, 0.717) is 0 Å². The molecular weight excluding hydrogens is 757 g/mol. The summed E-state index contributed by atoms with van der Waals surface area (Å²) in [5.41, 5.74) is 6.03. The fourth-order valence-corrected chi connectivity index (χ4v) is 6.62. The number of ketones is 1. The van der Waals surface area contributed by atoms with Crippen LogP contribution in [0.1, 0.15) is 92.3 Å². The number of hydrogen-bond donors (Lipinski definition) is 1. The van der Waals surface area contributed by atoms with Gasteiger partial charge in [-0.2, -0.15) is 0 Å². The molecule has 6 rings (SSSR count). The largest absolute Gasteiger partial charge is 0.512 e. The van der Waals surface area contributed by atoms with Gasteiger partial charge in [-0.1, -0.05) is 121 Å². The molecule has 0 fully saturated rings. The SMILES string of the molecule is CC1(C)c2ncnc(-c3[c-]ccc4ccccc34)c2-c2ccc3ccccc3c21.CCC(C)(CC)C(=O)/C=C(\O)C(C)(CC)CC.[Ir]. The molecule has 1 radical (unpaired) electrons. The van der Waals surface area contributed by atoms with E-state index < -0.39 is 0 Å². The number of allylic oxidation sites excluding steroid dienone is 2. The number of rotatable bonds is 8. The van der Waals surface area contributed by atoms with Crippen LogP contribution in [0.3, 0.4) is 0 Å². The van der Waals surface area contributed by atoms with Crippen LogP contribution in [0, 0.1) is 16.9 Å². The van der Waals surface area contributed by atoms with E-state index in [0.717, 1.165) is 48.2 Å². The molecule has 1 aromatic heterocycles. The van der Waals surface area contributed by atoms with Gasteiger partial charge in [-0.3, -0.25) is 9.78 Å². The average molecular weight is 804 g/mol. The Labute approximate surface area is 294 Å². The molecule has 5 aromatic rings. The molecule has 0 unspecified atom stereocenters. The van der Waals surface area contributed by atoms with Crippen LogP contribution < -0.4 is 0 Å². The molecule has 0 spiro atoms. The minimum absolute atomic E-state index is 0. The van der Waals surface area contributed by atoms with Gasteiger partial charge in [0.05, 0.1) is 5.69 Å². The van der Waals surface area contributed by atoms with Crippen molar-refractivity contribution in [1.29, 1.82) is 0 Å². The number of carbonyl (C=O) groups is 1. The normalized spacial score (nSPS) is 13.7. The molecule has 0 saturated carbocycles. The van der Waals surface area contributed by atoms with E-state index >= 15 is 0 Å². The van der Waals surface area contributed by atoms with E-state index in [1.165, 1.54) is 38.7 Å². The van der Waals surface area contributed by atoms with Crippen molar-refractivity contribution in [2.45, 2.75) is 86.5 Å². The minimum atomic E-state index is -0.337. The zero-order valence-corrected chi connectivity index (χ0v) is 31.4. The number of aliphatic hydroxyl groups excluding tert-OH is 1. The number of aliphatic hydroxyl groups is 1. The summed E-state index contributed by atoms with van der Waals surface area (Å²) in [6.45, 7) is 16.6. The number of fused-ring (bicyclic) bond motifs is 6. The van der Waals surface area contributed by atoms with E-state index in [1.807, 2.05) is 47.6 Å². The Kier molecular flexibility index (Phi) is 10.9. The van der Waals surface area contributed by atoms with Crippen LogP contribution in [0.5, 0.6) is 0 Å². The van der Waals surface area contributed by atoms with E-state index in [2.05, 4.69) is 86.6 Å². The smallest absolute Gasteiger partial charge is 0.164 e. The maximum Gasteiger partial charge on any atom is 0.164 e. The van der Waals surface area contributed by atoms with Crippen LogP contribution in [0.2, 0.25) is 0 Å². The van der Waals surface area contributed by atoms with Crippen molar-refractivity contribution in [3.63, 3.8) is 0 Å². The van der Waals surface area contributed by atoms with E-state index in [9.17, 15) is 9.90 Å². The number of carbonyl (C=O) groups excluding carboxylic acids is 1. The van der Waals surface area contributed by atoms with Crippen molar-refractivity contribution >= 4 is 27.3 Å². The Morgan fingerprint density at radius 2 is 1.38 bits per heavy atom. The molecule has 0 bridgehead atoms.